The minimum absolute atomic E-state index is 0.0939. The van der Waals surface area contributed by atoms with Crippen LogP contribution in [0, 0.1) is 22.6 Å². The summed E-state index contributed by atoms with van der Waals surface area (Å²) in [6, 6.07) is 4.72. The van der Waals surface area contributed by atoms with Crippen LogP contribution in [0.4, 0.5) is 36.8 Å². The van der Waals surface area contributed by atoms with Crippen LogP contribution in [0.2, 0.25) is 0 Å². The molecule has 0 aromatic heterocycles. The first-order chi connectivity index (χ1) is 21.0. The van der Waals surface area contributed by atoms with E-state index in [0.717, 1.165) is 24.3 Å². The van der Waals surface area contributed by atoms with Crippen molar-refractivity contribution in [1.29, 1.82) is 5.26 Å². The van der Waals surface area contributed by atoms with E-state index in [4.69, 9.17) is 10.00 Å². The molecule has 0 fully saturated rings. The van der Waals surface area contributed by atoms with E-state index in [0.29, 0.717) is 17.0 Å². The van der Waals surface area contributed by atoms with Crippen molar-refractivity contribution in [3.8, 4) is 11.8 Å². The van der Waals surface area contributed by atoms with Gasteiger partial charge >= 0.3 is 12.5 Å². The third-order valence-electron chi connectivity index (χ3n) is 6.36. The smallest absolute Gasteiger partial charge is 0.444 e. The summed E-state index contributed by atoms with van der Waals surface area (Å²) in [4.78, 5) is 51.9. The quantitative estimate of drug-likeness (QED) is 0.294. The fourth-order valence-corrected chi connectivity index (χ4v) is 4.11. The van der Waals surface area contributed by atoms with Gasteiger partial charge in [0.1, 0.15) is 28.6 Å². The molecule has 11 nitrogen and oxygen atoms in total. The molecular weight excluding hydrogens is 628 g/mol. The van der Waals surface area contributed by atoms with Crippen LogP contribution in [-0.2, 0) is 26.8 Å². The Balaban J connectivity index is 2.08. The number of alkyl halides is 5. The number of fused-ring (bicyclic) bond motifs is 1. The van der Waals surface area contributed by atoms with E-state index >= 15 is 13.2 Å². The number of alkyl carbamates (subject to hydrolysis) is 1. The Hall–Kier alpha value is -5.01. The highest BCUT2D eigenvalue weighted by Gasteiger charge is 2.47. The average Bonchev–Trinajstić information content (AvgIpc) is 2.98. The molecule has 46 heavy (non-hydrogen) atoms. The second-order valence-electron chi connectivity index (χ2n) is 11.7. The highest BCUT2D eigenvalue weighted by molar-refractivity contribution is 6.03. The van der Waals surface area contributed by atoms with Gasteiger partial charge in [-0.2, -0.15) is 5.26 Å². The number of anilines is 1. The fraction of sp³-hybridized carbons (Fsp3) is 0.414. The molecule has 3 N–H and O–H groups in total. The number of benzene rings is 2. The van der Waals surface area contributed by atoms with E-state index in [1.807, 2.05) is 10.9 Å². The number of nitriles is 1. The lowest BCUT2D eigenvalue weighted by Gasteiger charge is -2.27. The highest BCUT2D eigenvalue weighted by atomic mass is 19.4. The van der Waals surface area contributed by atoms with Crippen LogP contribution < -0.4 is 25.8 Å². The van der Waals surface area contributed by atoms with E-state index in [-0.39, 0.29) is 5.56 Å². The molecule has 0 spiro atoms. The average molecular weight is 658 g/mol. The summed E-state index contributed by atoms with van der Waals surface area (Å²) in [7, 11) is 0. The number of amides is 4. The molecule has 2 aromatic carbocycles. The number of carbonyl (C=O) groups is 4. The predicted octanol–water partition coefficient (Wildman–Crippen LogP) is 4.96. The molecule has 4 amide bonds. The molecule has 3 rings (SSSR count). The van der Waals surface area contributed by atoms with Crippen LogP contribution in [0.15, 0.2) is 36.4 Å². The molecule has 0 bridgehead atoms. The van der Waals surface area contributed by atoms with Gasteiger partial charge in [-0.05, 0) is 64.4 Å². The van der Waals surface area contributed by atoms with E-state index < -0.39 is 94.5 Å². The molecule has 0 radical (unpaired) electrons. The van der Waals surface area contributed by atoms with Crippen molar-refractivity contribution in [2.45, 2.75) is 71.5 Å². The van der Waals surface area contributed by atoms with Crippen LogP contribution in [0.3, 0.4) is 0 Å². The van der Waals surface area contributed by atoms with Gasteiger partial charge in [0.2, 0.25) is 5.91 Å². The second kappa shape index (κ2) is 12.8. The maximum atomic E-state index is 15.7. The van der Waals surface area contributed by atoms with E-state index in [1.54, 1.807) is 6.07 Å². The van der Waals surface area contributed by atoms with Crippen LogP contribution in [0.1, 0.15) is 62.5 Å². The third kappa shape index (κ3) is 8.79. The minimum atomic E-state index is -5.00. The first-order valence-electron chi connectivity index (χ1n) is 13.4. The Morgan fingerprint density at radius 2 is 1.65 bits per heavy atom. The molecule has 0 saturated heterocycles. The molecule has 1 heterocycles. The zero-order valence-electron chi connectivity index (χ0n) is 25.1. The summed E-state index contributed by atoms with van der Waals surface area (Å²) in [5.41, 5.74) is -1.40. The number of hydrazine groups is 1. The standard InChI is InChI=1S/C29H29F6N5O6/c1-26(2,3)46-25(44)37-20-12-28(31,32)18-11-19(30)17(22(41)38-39-24(43)27(4,5)14-36)10-21(18)40(23(20)42)13-15-6-8-16(9-7-15)45-29(33,34)35/h6-11,20H,12-13H2,1-5H3,(H,37,44)(H,38,41)(H,39,43). The SMILES string of the molecule is CC(C)(C)OC(=O)NC1CC(F)(F)c2cc(F)c(C(=O)NNC(=O)C(C)(C)C#N)cc2N(Cc2ccc(OC(F)(F)F)cc2)C1=O. The van der Waals surface area contributed by atoms with Crippen LogP contribution in [-0.4, -0.2) is 41.8 Å². The number of carbonyl (C=O) groups excluding carboxylic acids is 4. The molecule has 1 atom stereocenters. The summed E-state index contributed by atoms with van der Waals surface area (Å²) in [6.07, 6.45) is -7.57. The molecule has 2 aromatic rings. The third-order valence-corrected chi connectivity index (χ3v) is 6.36. The maximum Gasteiger partial charge on any atom is 0.573 e. The summed E-state index contributed by atoms with van der Waals surface area (Å²) in [5.74, 6) is -9.52. The van der Waals surface area contributed by atoms with Crippen LogP contribution >= 0.6 is 0 Å². The largest absolute Gasteiger partial charge is 0.573 e. The van der Waals surface area contributed by atoms with Gasteiger partial charge in [-0.1, -0.05) is 12.1 Å². The summed E-state index contributed by atoms with van der Waals surface area (Å²) in [5, 5.41) is 11.2. The number of halogens is 6. The van der Waals surface area contributed by atoms with Crippen molar-refractivity contribution < 1.29 is 55.0 Å². The van der Waals surface area contributed by atoms with Gasteiger partial charge in [-0.25, -0.2) is 18.0 Å². The number of nitrogens with one attached hydrogen (secondary N) is 3. The molecule has 1 aliphatic heterocycles. The molecule has 0 saturated carbocycles. The molecule has 1 unspecified atom stereocenters. The monoisotopic (exact) mass is 657 g/mol. The van der Waals surface area contributed by atoms with Gasteiger partial charge in [0, 0.05) is 12.0 Å². The zero-order valence-corrected chi connectivity index (χ0v) is 25.1. The molecule has 0 aliphatic carbocycles. The summed E-state index contributed by atoms with van der Waals surface area (Å²) in [6.45, 7) is 6.33. The Morgan fingerprint density at radius 1 is 1.04 bits per heavy atom. The van der Waals surface area contributed by atoms with E-state index in [9.17, 15) is 32.3 Å². The van der Waals surface area contributed by atoms with Crippen molar-refractivity contribution in [3.05, 3.63) is 58.9 Å². The molecule has 248 valence electrons. The van der Waals surface area contributed by atoms with E-state index in [2.05, 4.69) is 10.1 Å². The van der Waals surface area contributed by atoms with Gasteiger partial charge in [-0.15, -0.1) is 13.2 Å². The second-order valence-corrected chi connectivity index (χ2v) is 11.7. The first-order valence-corrected chi connectivity index (χ1v) is 13.4. The van der Waals surface area contributed by atoms with Gasteiger partial charge in [0.25, 0.3) is 17.7 Å². The zero-order chi connectivity index (χ0) is 34.8. The summed E-state index contributed by atoms with van der Waals surface area (Å²) >= 11 is 0. The molecular formula is C29H29F6N5O6. The summed E-state index contributed by atoms with van der Waals surface area (Å²) < 4.78 is 93.3. The Kier molecular flexibility index (Phi) is 9.85. The lowest BCUT2D eigenvalue weighted by molar-refractivity contribution is -0.274. The van der Waals surface area contributed by atoms with Gasteiger partial charge < -0.3 is 19.7 Å². The van der Waals surface area contributed by atoms with Crippen molar-refractivity contribution in [2.24, 2.45) is 5.41 Å². The Labute approximate surface area is 258 Å². The van der Waals surface area contributed by atoms with Gasteiger partial charge in [-0.3, -0.25) is 25.2 Å². The van der Waals surface area contributed by atoms with Crippen molar-refractivity contribution in [2.75, 3.05) is 4.90 Å². The maximum absolute atomic E-state index is 15.7. The van der Waals surface area contributed by atoms with Crippen LogP contribution in [0.25, 0.3) is 0 Å². The number of hydrogen-bond donors (Lipinski definition) is 3. The van der Waals surface area contributed by atoms with Crippen molar-refractivity contribution in [1.82, 2.24) is 16.2 Å². The van der Waals surface area contributed by atoms with Crippen molar-refractivity contribution in [3.63, 3.8) is 0 Å². The lowest BCUT2D eigenvalue weighted by atomic mass is 9.95. The topological polar surface area (TPSA) is 150 Å². The number of nitrogens with zero attached hydrogens (tertiary/aromatic N) is 2. The molecule has 17 heteroatoms. The highest BCUT2D eigenvalue weighted by Crippen LogP contribution is 2.44. The Bertz CT molecular complexity index is 1560. The molecule has 1 aliphatic rings. The fourth-order valence-electron chi connectivity index (χ4n) is 4.11. The van der Waals surface area contributed by atoms with Crippen molar-refractivity contribution >= 4 is 29.5 Å². The first kappa shape index (κ1) is 35.5. The number of ether oxygens (including phenoxy) is 2. The predicted molar refractivity (Wildman–Crippen MR) is 147 cm³/mol. The Morgan fingerprint density at radius 3 is 2.20 bits per heavy atom. The van der Waals surface area contributed by atoms with Gasteiger partial charge in [0.05, 0.1) is 23.9 Å². The lowest BCUT2D eigenvalue weighted by Crippen LogP contribution is -2.50. The van der Waals surface area contributed by atoms with Crippen LogP contribution in [0.5, 0.6) is 5.75 Å². The van der Waals surface area contributed by atoms with Gasteiger partial charge in [0.15, 0.2) is 0 Å². The number of hydrogen-bond acceptors (Lipinski definition) is 7. The minimum Gasteiger partial charge on any atom is -0.444 e. The normalized spacial score (nSPS) is 16.3. The van der Waals surface area contributed by atoms with E-state index in [1.165, 1.54) is 34.6 Å². The number of rotatable bonds is 6.